The number of benzene rings is 3. The van der Waals surface area contributed by atoms with Crippen LogP contribution in [-0.2, 0) is 11.2 Å². The number of H-pyrrole nitrogens is 1. The zero-order valence-electron chi connectivity index (χ0n) is 17.3. The molecule has 0 fully saturated rings. The molecule has 4 rings (SSSR count). The number of rotatable bonds is 6. The van der Waals surface area contributed by atoms with Crippen LogP contribution in [0.1, 0.15) is 21.5 Å². The molecule has 0 aliphatic heterocycles. The molecule has 0 aliphatic rings. The van der Waals surface area contributed by atoms with Crippen molar-refractivity contribution in [3.8, 4) is 0 Å². The van der Waals surface area contributed by atoms with Gasteiger partial charge in [-0.2, -0.15) is 0 Å². The van der Waals surface area contributed by atoms with Gasteiger partial charge in [-0.05, 0) is 48.4 Å². The van der Waals surface area contributed by atoms with Gasteiger partial charge in [0, 0.05) is 29.2 Å². The van der Waals surface area contributed by atoms with E-state index in [9.17, 15) is 14.0 Å². The predicted octanol–water partition coefficient (Wildman–Crippen LogP) is 5.25. The summed E-state index contributed by atoms with van der Waals surface area (Å²) in [6.45, 7) is 1.64. The first-order chi connectivity index (χ1) is 15.4. The Labute approximate surface area is 189 Å². The third-order valence-corrected chi connectivity index (χ3v) is 5.61. The highest BCUT2D eigenvalue weighted by Crippen LogP contribution is 2.21. The van der Waals surface area contributed by atoms with Crippen molar-refractivity contribution in [2.24, 2.45) is 0 Å². The van der Waals surface area contributed by atoms with Gasteiger partial charge in [-0.25, -0.2) is 4.39 Å². The molecule has 0 bridgehead atoms. The number of aryl methyl sites for hydroxylation is 1. The van der Waals surface area contributed by atoms with Crippen molar-refractivity contribution >= 4 is 40.0 Å². The Kier molecular flexibility index (Phi) is 6.23. The van der Waals surface area contributed by atoms with Crippen molar-refractivity contribution in [2.45, 2.75) is 19.4 Å². The number of amides is 2. The molecule has 2 amide bonds. The van der Waals surface area contributed by atoms with Crippen molar-refractivity contribution in [1.29, 1.82) is 0 Å². The summed E-state index contributed by atoms with van der Waals surface area (Å²) in [7, 11) is 0. The van der Waals surface area contributed by atoms with Crippen LogP contribution in [0.15, 0.2) is 72.9 Å². The van der Waals surface area contributed by atoms with Crippen LogP contribution in [0, 0.1) is 12.7 Å². The largest absolute Gasteiger partial charge is 0.361 e. The van der Waals surface area contributed by atoms with Crippen LogP contribution in [0.3, 0.4) is 0 Å². The molecule has 0 radical (unpaired) electrons. The Bertz CT molecular complexity index is 1300. The minimum absolute atomic E-state index is 0.236. The molecule has 0 saturated carbocycles. The number of aromatic amines is 1. The number of nitrogens with one attached hydrogen (secondary N) is 3. The molecule has 0 aliphatic carbocycles. The lowest BCUT2D eigenvalue weighted by Crippen LogP contribution is -2.45. The summed E-state index contributed by atoms with van der Waals surface area (Å²) in [5.74, 6) is -1.35. The molecule has 3 N–H and O–H groups in total. The van der Waals surface area contributed by atoms with E-state index < -0.39 is 23.7 Å². The molecular weight excluding hydrogens is 429 g/mol. The van der Waals surface area contributed by atoms with Gasteiger partial charge in [0.2, 0.25) is 5.91 Å². The second-order valence-electron chi connectivity index (χ2n) is 7.52. The van der Waals surface area contributed by atoms with Gasteiger partial charge in [0.25, 0.3) is 5.91 Å². The van der Waals surface area contributed by atoms with E-state index in [4.69, 9.17) is 11.6 Å². The van der Waals surface area contributed by atoms with E-state index in [1.165, 1.54) is 6.07 Å². The Morgan fingerprint density at radius 1 is 1.06 bits per heavy atom. The van der Waals surface area contributed by atoms with Gasteiger partial charge in [-0.15, -0.1) is 0 Å². The highest BCUT2D eigenvalue weighted by atomic mass is 35.5. The van der Waals surface area contributed by atoms with Gasteiger partial charge in [-0.3, -0.25) is 9.59 Å². The molecule has 0 saturated heterocycles. The lowest BCUT2D eigenvalue weighted by atomic mass is 10.0. The number of hydrogen-bond acceptors (Lipinski definition) is 2. The van der Waals surface area contributed by atoms with Crippen LogP contribution >= 0.6 is 11.6 Å². The summed E-state index contributed by atoms with van der Waals surface area (Å²) in [6, 6.07) is 17.9. The molecule has 5 nitrogen and oxygen atoms in total. The van der Waals surface area contributed by atoms with Crippen molar-refractivity contribution in [3.05, 3.63) is 100 Å². The highest BCUT2D eigenvalue weighted by Gasteiger charge is 2.24. The third-order valence-electron chi connectivity index (χ3n) is 5.28. The Morgan fingerprint density at radius 2 is 1.81 bits per heavy atom. The first-order valence-electron chi connectivity index (χ1n) is 10.1. The van der Waals surface area contributed by atoms with Gasteiger partial charge in [0.15, 0.2) is 0 Å². The first-order valence-corrected chi connectivity index (χ1v) is 10.5. The number of anilines is 1. The van der Waals surface area contributed by atoms with E-state index in [1.807, 2.05) is 30.5 Å². The average molecular weight is 450 g/mol. The van der Waals surface area contributed by atoms with Crippen LogP contribution in [0.4, 0.5) is 10.1 Å². The molecule has 32 heavy (non-hydrogen) atoms. The van der Waals surface area contributed by atoms with Crippen LogP contribution in [-0.4, -0.2) is 22.8 Å². The molecule has 1 heterocycles. The molecule has 0 unspecified atom stereocenters. The van der Waals surface area contributed by atoms with Gasteiger partial charge in [0.1, 0.15) is 11.9 Å². The van der Waals surface area contributed by atoms with Gasteiger partial charge < -0.3 is 15.6 Å². The van der Waals surface area contributed by atoms with E-state index in [0.717, 1.165) is 16.5 Å². The number of hydrogen-bond donors (Lipinski definition) is 3. The quantitative estimate of drug-likeness (QED) is 0.376. The summed E-state index contributed by atoms with van der Waals surface area (Å²) in [5.41, 5.74) is 2.86. The second-order valence-corrected chi connectivity index (χ2v) is 7.93. The topological polar surface area (TPSA) is 74.0 Å². The smallest absolute Gasteiger partial charge is 0.253 e. The normalized spacial score (nSPS) is 11.8. The van der Waals surface area contributed by atoms with Gasteiger partial charge >= 0.3 is 0 Å². The summed E-state index contributed by atoms with van der Waals surface area (Å²) >= 11 is 6.16. The standard InChI is InChI=1S/C25H21ClFN3O2/c1-15-10-11-17(13-21(15)27)29-25(32)23(30-24(31)19-7-2-4-8-20(19)26)12-16-14-28-22-9-5-3-6-18(16)22/h2-11,13-14,23,28H,12H2,1H3,(H,29,32)(H,30,31)/t23-/m0/s1. The maximum atomic E-state index is 13.9. The summed E-state index contributed by atoms with van der Waals surface area (Å²) in [4.78, 5) is 29.2. The lowest BCUT2D eigenvalue weighted by molar-refractivity contribution is -0.118. The number of aromatic nitrogens is 1. The highest BCUT2D eigenvalue weighted by molar-refractivity contribution is 6.33. The zero-order valence-corrected chi connectivity index (χ0v) is 18.0. The second kappa shape index (κ2) is 9.24. The van der Waals surface area contributed by atoms with Crippen molar-refractivity contribution < 1.29 is 14.0 Å². The molecule has 162 valence electrons. The Morgan fingerprint density at radius 3 is 2.59 bits per heavy atom. The van der Waals surface area contributed by atoms with E-state index in [0.29, 0.717) is 11.3 Å². The molecule has 0 spiro atoms. The fraction of sp³-hybridized carbons (Fsp3) is 0.120. The van der Waals surface area contributed by atoms with Gasteiger partial charge in [-0.1, -0.05) is 48.0 Å². The van der Waals surface area contributed by atoms with E-state index >= 15 is 0 Å². The van der Waals surface area contributed by atoms with Crippen LogP contribution in [0.25, 0.3) is 10.9 Å². The monoisotopic (exact) mass is 449 g/mol. The zero-order chi connectivity index (χ0) is 22.7. The van der Waals surface area contributed by atoms with E-state index in [-0.39, 0.29) is 17.0 Å². The van der Waals surface area contributed by atoms with Crippen LogP contribution in [0.5, 0.6) is 0 Å². The first kappa shape index (κ1) is 21.6. The Hall–Kier alpha value is -3.64. The number of carbonyl (C=O) groups excluding carboxylic acids is 2. The predicted molar refractivity (Wildman–Crippen MR) is 124 cm³/mol. The van der Waals surface area contributed by atoms with E-state index in [2.05, 4.69) is 15.6 Å². The number of carbonyl (C=O) groups is 2. The summed E-state index contributed by atoms with van der Waals surface area (Å²) in [5, 5.41) is 6.73. The summed E-state index contributed by atoms with van der Waals surface area (Å²) in [6.07, 6.45) is 2.05. The van der Waals surface area contributed by atoms with Crippen LogP contribution in [0.2, 0.25) is 5.02 Å². The van der Waals surface area contributed by atoms with E-state index in [1.54, 1.807) is 43.3 Å². The average Bonchev–Trinajstić information content (AvgIpc) is 3.19. The molecule has 1 atom stereocenters. The minimum atomic E-state index is -0.914. The fourth-order valence-corrected chi connectivity index (χ4v) is 3.73. The fourth-order valence-electron chi connectivity index (χ4n) is 3.51. The maximum absolute atomic E-state index is 13.9. The lowest BCUT2D eigenvalue weighted by Gasteiger charge is -2.19. The number of para-hydroxylation sites is 1. The molecule has 7 heteroatoms. The van der Waals surface area contributed by atoms with Gasteiger partial charge in [0.05, 0.1) is 10.6 Å². The maximum Gasteiger partial charge on any atom is 0.253 e. The van der Waals surface area contributed by atoms with Crippen molar-refractivity contribution in [1.82, 2.24) is 10.3 Å². The minimum Gasteiger partial charge on any atom is -0.361 e. The van der Waals surface area contributed by atoms with Crippen molar-refractivity contribution in [3.63, 3.8) is 0 Å². The van der Waals surface area contributed by atoms with Crippen LogP contribution < -0.4 is 10.6 Å². The SMILES string of the molecule is Cc1ccc(NC(=O)[C@H](Cc2c[nH]c3ccccc23)NC(=O)c2ccccc2Cl)cc1F. The van der Waals surface area contributed by atoms with Crippen molar-refractivity contribution in [2.75, 3.05) is 5.32 Å². The Balaban J connectivity index is 1.62. The molecular formula is C25H21ClFN3O2. The molecule has 1 aromatic heterocycles. The molecule has 3 aromatic carbocycles. The molecule has 4 aromatic rings. The summed E-state index contributed by atoms with van der Waals surface area (Å²) < 4.78 is 13.9. The number of halogens is 2. The number of fused-ring (bicyclic) bond motifs is 1. The third kappa shape index (κ3) is 4.65.